The third kappa shape index (κ3) is 1.89. The normalized spacial score (nSPS) is 18.1. The van der Waals surface area contributed by atoms with Crippen molar-refractivity contribution in [1.29, 1.82) is 0 Å². The molecule has 2 aromatic rings. The summed E-state index contributed by atoms with van der Waals surface area (Å²) in [6, 6.07) is 15.5. The van der Waals surface area contributed by atoms with Gasteiger partial charge in [0.05, 0.1) is 12.5 Å². The number of carbonyl (C=O) groups excluding carboxylic acids is 1. The average Bonchev–Trinajstić information content (AvgIpc) is 2.38. The number of carbonyl (C=O) groups is 1. The molecule has 90 valence electrons. The molecule has 1 aliphatic heterocycles. The van der Waals surface area contributed by atoms with Gasteiger partial charge in [0.15, 0.2) is 0 Å². The van der Waals surface area contributed by atoms with Gasteiger partial charge in [-0.3, -0.25) is 4.79 Å². The number of hydrogen-bond acceptors (Lipinski definition) is 1. The molecule has 0 aliphatic carbocycles. The zero-order chi connectivity index (χ0) is 12.5. The molecule has 1 N–H and O–H groups in total. The minimum absolute atomic E-state index is 0.0404. The number of hydrogen-bond donors (Lipinski definition) is 1. The van der Waals surface area contributed by atoms with Crippen LogP contribution in [-0.4, -0.2) is 5.91 Å². The van der Waals surface area contributed by atoms with E-state index < -0.39 is 0 Å². The number of rotatable bonds is 1. The molecule has 2 aromatic carbocycles. The molecule has 0 aromatic heterocycles. The molecule has 1 atom stereocenters. The summed E-state index contributed by atoms with van der Waals surface area (Å²) in [7, 11) is 0. The van der Waals surface area contributed by atoms with E-state index in [0.29, 0.717) is 11.4 Å². The van der Waals surface area contributed by atoms with Crippen LogP contribution in [0.5, 0.6) is 0 Å². The van der Waals surface area contributed by atoms with Gasteiger partial charge in [-0.1, -0.05) is 54.1 Å². The van der Waals surface area contributed by atoms with Crippen molar-refractivity contribution in [2.45, 2.75) is 12.5 Å². The highest BCUT2D eigenvalue weighted by atomic mass is 35.5. The van der Waals surface area contributed by atoms with Crippen LogP contribution in [-0.2, 0) is 11.2 Å². The summed E-state index contributed by atoms with van der Waals surface area (Å²) in [4.78, 5) is 11.8. The summed E-state index contributed by atoms with van der Waals surface area (Å²) < 4.78 is 0. The largest absolute Gasteiger partial charge is 0.345 e. The first kappa shape index (κ1) is 11.3. The Kier molecular flexibility index (Phi) is 2.80. The van der Waals surface area contributed by atoms with Crippen LogP contribution < -0.4 is 5.32 Å². The molecule has 1 amide bonds. The summed E-state index contributed by atoms with van der Waals surface area (Å²) in [6.07, 6.45) is 0.442. The van der Waals surface area contributed by atoms with Crippen LogP contribution in [0.3, 0.4) is 0 Å². The summed E-state index contributed by atoms with van der Waals surface area (Å²) in [6.45, 7) is 0. The standard InChI is InChI=1S/C15H12ClNO/c16-13-8-4-3-7-12(13)15-11-6-2-1-5-10(11)9-14(18)17-15/h1-8,15H,9H2,(H,17,18)/t15-/m1/s1. The Bertz CT molecular complexity index is 609. The lowest BCUT2D eigenvalue weighted by molar-refractivity contribution is -0.121. The van der Waals surface area contributed by atoms with Gasteiger partial charge in [-0.05, 0) is 22.8 Å². The monoisotopic (exact) mass is 257 g/mol. The first-order valence-electron chi connectivity index (χ1n) is 5.87. The maximum atomic E-state index is 11.8. The Morgan fingerprint density at radius 1 is 1.00 bits per heavy atom. The molecule has 0 saturated heterocycles. The van der Waals surface area contributed by atoms with E-state index in [9.17, 15) is 4.79 Å². The van der Waals surface area contributed by atoms with E-state index in [1.54, 1.807) is 0 Å². The van der Waals surface area contributed by atoms with E-state index >= 15 is 0 Å². The van der Waals surface area contributed by atoms with Gasteiger partial charge >= 0.3 is 0 Å². The number of nitrogens with one attached hydrogen (secondary N) is 1. The van der Waals surface area contributed by atoms with Gasteiger partial charge in [0, 0.05) is 5.02 Å². The summed E-state index contributed by atoms with van der Waals surface area (Å²) in [5.74, 6) is 0.0404. The fraction of sp³-hybridized carbons (Fsp3) is 0.133. The van der Waals surface area contributed by atoms with Crippen molar-refractivity contribution in [1.82, 2.24) is 5.32 Å². The first-order valence-corrected chi connectivity index (χ1v) is 6.25. The second-order valence-corrected chi connectivity index (χ2v) is 4.80. The summed E-state index contributed by atoms with van der Waals surface area (Å²) >= 11 is 6.22. The zero-order valence-corrected chi connectivity index (χ0v) is 10.4. The second-order valence-electron chi connectivity index (χ2n) is 4.40. The van der Waals surface area contributed by atoms with Crippen molar-refractivity contribution in [3.8, 4) is 0 Å². The topological polar surface area (TPSA) is 29.1 Å². The van der Waals surface area contributed by atoms with Crippen molar-refractivity contribution in [3.05, 3.63) is 70.2 Å². The maximum absolute atomic E-state index is 11.8. The van der Waals surface area contributed by atoms with E-state index in [-0.39, 0.29) is 11.9 Å². The molecule has 0 unspecified atom stereocenters. The molecule has 0 spiro atoms. The number of halogens is 1. The van der Waals surface area contributed by atoms with E-state index in [0.717, 1.165) is 16.7 Å². The number of fused-ring (bicyclic) bond motifs is 1. The molecule has 0 radical (unpaired) electrons. The lowest BCUT2D eigenvalue weighted by atomic mass is 9.89. The molecule has 0 saturated carbocycles. The Hall–Kier alpha value is -1.80. The third-order valence-corrected chi connectivity index (χ3v) is 3.58. The highest BCUT2D eigenvalue weighted by Gasteiger charge is 2.26. The van der Waals surface area contributed by atoms with Gasteiger partial charge in [0.2, 0.25) is 5.91 Å². The van der Waals surface area contributed by atoms with E-state index in [1.165, 1.54) is 0 Å². The molecular formula is C15H12ClNO. The van der Waals surface area contributed by atoms with E-state index in [4.69, 9.17) is 11.6 Å². The highest BCUT2D eigenvalue weighted by Crippen LogP contribution is 2.32. The Morgan fingerprint density at radius 3 is 2.44 bits per heavy atom. The van der Waals surface area contributed by atoms with Crippen LogP contribution in [0.15, 0.2) is 48.5 Å². The second kappa shape index (κ2) is 4.46. The van der Waals surface area contributed by atoms with Gasteiger partial charge in [-0.25, -0.2) is 0 Å². The highest BCUT2D eigenvalue weighted by molar-refractivity contribution is 6.31. The minimum atomic E-state index is -0.142. The SMILES string of the molecule is O=C1Cc2ccccc2[C@H](c2ccccc2Cl)N1. The molecule has 2 nitrogen and oxygen atoms in total. The van der Waals surface area contributed by atoms with Crippen LogP contribution in [0.2, 0.25) is 5.02 Å². The van der Waals surface area contributed by atoms with Crippen LogP contribution in [0.4, 0.5) is 0 Å². The van der Waals surface area contributed by atoms with Gasteiger partial charge < -0.3 is 5.32 Å². The van der Waals surface area contributed by atoms with Gasteiger partial charge in [0.25, 0.3) is 0 Å². The van der Waals surface area contributed by atoms with Crippen LogP contribution in [0.25, 0.3) is 0 Å². The Balaban J connectivity index is 2.13. The minimum Gasteiger partial charge on any atom is -0.345 e. The summed E-state index contributed by atoms with van der Waals surface area (Å²) in [5.41, 5.74) is 3.15. The quantitative estimate of drug-likeness (QED) is 0.836. The van der Waals surface area contributed by atoms with Crippen molar-refractivity contribution in [2.24, 2.45) is 0 Å². The summed E-state index contributed by atoms with van der Waals surface area (Å²) in [5, 5.41) is 3.69. The molecule has 0 fully saturated rings. The Morgan fingerprint density at radius 2 is 1.67 bits per heavy atom. The molecule has 0 bridgehead atoms. The van der Waals surface area contributed by atoms with Gasteiger partial charge in [-0.15, -0.1) is 0 Å². The lowest BCUT2D eigenvalue weighted by Crippen LogP contribution is -2.35. The van der Waals surface area contributed by atoms with Crippen molar-refractivity contribution in [3.63, 3.8) is 0 Å². The lowest BCUT2D eigenvalue weighted by Gasteiger charge is -2.27. The number of benzene rings is 2. The molecule has 1 aliphatic rings. The number of amides is 1. The van der Waals surface area contributed by atoms with Gasteiger partial charge in [-0.2, -0.15) is 0 Å². The first-order chi connectivity index (χ1) is 8.75. The maximum Gasteiger partial charge on any atom is 0.225 e. The van der Waals surface area contributed by atoms with Crippen molar-refractivity contribution < 1.29 is 4.79 Å². The third-order valence-electron chi connectivity index (χ3n) is 3.24. The van der Waals surface area contributed by atoms with Crippen molar-refractivity contribution >= 4 is 17.5 Å². The predicted molar refractivity (Wildman–Crippen MR) is 71.6 cm³/mol. The van der Waals surface area contributed by atoms with E-state index in [1.807, 2.05) is 48.5 Å². The van der Waals surface area contributed by atoms with E-state index in [2.05, 4.69) is 5.32 Å². The molecule has 3 heteroatoms. The van der Waals surface area contributed by atoms with Gasteiger partial charge in [0.1, 0.15) is 0 Å². The van der Waals surface area contributed by atoms with Crippen LogP contribution >= 0.6 is 11.6 Å². The molecule has 1 heterocycles. The predicted octanol–water partition coefficient (Wildman–Crippen LogP) is 3.10. The smallest absolute Gasteiger partial charge is 0.225 e. The molecule has 18 heavy (non-hydrogen) atoms. The average molecular weight is 258 g/mol. The molecular weight excluding hydrogens is 246 g/mol. The fourth-order valence-corrected chi connectivity index (χ4v) is 2.64. The van der Waals surface area contributed by atoms with Crippen LogP contribution in [0, 0.1) is 0 Å². The molecule has 3 rings (SSSR count). The van der Waals surface area contributed by atoms with Crippen LogP contribution in [0.1, 0.15) is 22.7 Å². The zero-order valence-electron chi connectivity index (χ0n) is 9.69. The Labute approximate surface area is 111 Å². The fourth-order valence-electron chi connectivity index (χ4n) is 2.39. The van der Waals surface area contributed by atoms with Crippen molar-refractivity contribution in [2.75, 3.05) is 0 Å².